The topological polar surface area (TPSA) is 79.4 Å². The zero-order chi connectivity index (χ0) is 20.1. The number of hydrogen-bond acceptors (Lipinski definition) is 6. The van der Waals surface area contributed by atoms with Crippen LogP contribution in [0.25, 0.3) is 0 Å². The lowest BCUT2D eigenvalue weighted by molar-refractivity contribution is 0.0235. The molecule has 2 heterocycles. The van der Waals surface area contributed by atoms with Crippen LogP contribution in [-0.2, 0) is 4.74 Å². The Morgan fingerprint density at radius 3 is 2.93 bits per heavy atom. The average molecular weight is 404 g/mol. The molecule has 0 radical (unpaired) electrons. The predicted molar refractivity (Wildman–Crippen MR) is 111 cm³/mol. The van der Waals surface area contributed by atoms with Crippen LogP contribution in [0.2, 0.25) is 5.02 Å². The van der Waals surface area contributed by atoms with E-state index >= 15 is 0 Å². The summed E-state index contributed by atoms with van der Waals surface area (Å²) in [4.78, 5) is 22.9. The summed E-state index contributed by atoms with van der Waals surface area (Å²) >= 11 is 6.01. The lowest BCUT2D eigenvalue weighted by atomic mass is 10.2. The standard InChI is InChI=1S/C20H26ClN5O2/c1-20(2,3)28-19(27)26-11-5-8-16(26)13-23-17-9-10-22-18(25-17)24-15-7-4-6-14(21)12-15/h4,6-7,9-10,12,16H,5,8,11,13H2,1-3H3,(H2,22,23,24,25). The quantitative estimate of drug-likeness (QED) is 0.754. The number of anilines is 3. The number of carbonyl (C=O) groups excluding carboxylic acids is 1. The van der Waals surface area contributed by atoms with E-state index in [9.17, 15) is 4.79 Å². The van der Waals surface area contributed by atoms with E-state index in [4.69, 9.17) is 16.3 Å². The van der Waals surface area contributed by atoms with Crippen LogP contribution < -0.4 is 10.6 Å². The van der Waals surface area contributed by atoms with Gasteiger partial charge in [-0.2, -0.15) is 4.98 Å². The van der Waals surface area contributed by atoms with Gasteiger partial charge in [0.25, 0.3) is 0 Å². The monoisotopic (exact) mass is 403 g/mol. The number of likely N-dealkylation sites (tertiary alicyclic amines) is 1. The number of carbonyl (C=O) groups is 1. The highest BCUT2D eigenvalue weighted by molar-refractivity contribution is 6.30. The van der Waals surface area contributed by atoms with Gasteiger partial charge >= 0.3 is 6.09 Å². The molecule has 2 N–H and O–H groups in total. The second kappa shape index (κ2) is 8.65. The van der Waals surface area contributed by atoms with E-state index in [1.54, 1.807) is 17.2 Å². The van der Waals surface area contributed by atoms with Crippen molar-refractivity contribution in [1.82, 2.24) is 14.9 Å². The van der Waals surface area contributed by atoms with Gasteiger partial charge in [-0.15, -0.1) is 0 Å². The average Bonchev–Trinajstić information content (AvgIpc) is 3.08. The highest BCUT2D eigenvalue weighted by Crippen LogP contribution is 2.22. The minimum absolute atomic E-state index is 0.0779. The molecular formula is C20H26ClN5O2. The number of rotatable bonds is 5. The molecule has 1 atom stereocenters. The Morgan fingerprint density at radius 2 is 2.18 bits per heavy atom. The van der Waals surface area contributed by atoms with Crippen molar-refractivity contribution in [2.45, 2.75) is 45.3 Å². The molecule has 1 amide bonds. The van der Waals surface area contributed by atoms with Crippen molar-refractivity contribution in [2.24, 2.45) is 0 Å². The molecule has 2 aromatic rings. The van der Waals surface area contributed by atoms with Gasteiger partial charge in [-0.05, 0) is 57.9 Å². The minimum Gasteiger partial charge on any atom is -0.444 e. The molecule has 0 bridgehead atoms. The molecule has 0 aliphatic carbocycles. The maximum Gasteiger partial charge on any atom is 0.410 e. The SMILES string of the molecule is CC(C)(C)OC(=O)N1CCCC1CNc1ccnc(Nc2cccc(Cl)c2)n1. The van der Waals surface area contributed by atoms with Crippen LogP contribution in [-0.4, -0.2) is 45.7 Å². The van der Waals surface area contributed by atoms with Gasteiger partial charge in [0.1, 0.15) is 11.4 Å². The molecule has 3 rings (SSSR count). The molecule has 150 valence electrons. The van der Waals surface area contributed by atoms with Gasteiger partial charge in [0.2, 0.25) is 5.95 Å². The van der Waals surface area contributed by atoms with Crippen molar-refractivity contribution >= 4 is 35.1 Å². The molecule has 1 fully saturated rings. The summed E-state index contributed by atoms with van der Waals surface area (Å²) in [6, 6.07) is 9.25. The molecule has 0 saturated carbocycles. The maximum atomic E-state index is 12.4. The second-order valence-corrected chi connectivity index (χ2v) is 8.19. The molecule has 1 saturated heterocycles. The number of nitrogens with one attached hydrogen (secondary N) is 2. The fourth-order valence-electron chi connectivity index (χ4n) is 3.04. The lowest BCUT2D eigenvalue weighted by Gasteiger charge is -2.28. The summed E-state index contributed by atoms with van der Waals surface area (Å²) in [6.07, 6.45) is 3.33. The maximum absolute atomic E-state index is 12.4. The van der Waals surface area contributed by atoms with Crippen molar-refractivity contribution in [3.63, 3.8) is 0 Å². The lowest BCUT2D eigenvalue weighted by Crippen LogP contribution is -2.42. The fraction of sp³-hybridized carbons (Fsp3) is 0.450. The molecule has 1 aromatic heterocycles. The van der Waals surface area contributed by atoms with Crippen LogP contribution in [0.4, 0.5) is 22.2 Å². The summed E-state index contributed by atoms with van der Waals surface area (Å²) < 4.78 is 5.51. The Hall–Kier alpha value is -2.54. The van der Waals surface area contributed by atoms with Crippen LogP contribution in [0, 0.1) is 0 Å². The van der Waals surface area contributed by atoms with Crippen molar-refractivity contribution in [3.05, 3.63) is 41.6 Å². The van der Waals surface area contributed by atoms with Crippen molar-refractivity contribution < 1.29 is 9.53 Å². The molecule has 7 nitrogen and oxygen atoms in total. The second-order valence-electron chi connectivity index (χ2n) is 7.75. The van der Waals surface area contributed by atoms with E-state index < -0.39 is 5.60 Å². The Bertz CT molecular complexity index is 824. The summed E-state index contributed by atoms with van der Waals surface area (Å²) in [5, 5.41) is 7.08. The summed E-state index contributed by atoms with van der Waals surface area (Å²) in [5.74, 6) is 1.17. The van der Waals surface area contributed by atoms with E-state index in [-0.39, 0.29) is 12.1 Å². The first-order valence-corrected chi connectivity index (χ1v) is 9.77. The van der Waals surface area contributed by atoms with Crippen LogP contribution in [0.5, 0.6) is 0 Å². The van der Waals surface area contributed by atoms with E-state index in [0.29, 0.717) is 29.9 Å². The zero-order valence-electron chi connectivity index (χ0n) is 16.4. The number of ether oxygens (including phenoxy) is 1. The molecule has 1 aliphatic heterocycles. The summed E-state index contributed by atoms with van der Waals surface area (Å²) in [7, 11) is 0. The van der Waals surface area contributed by atoms with Gasteiger partial charge in [0.05, 0.1) is 6.04 Å². The van der Waals surface area contributed by atoms with E-state index in [1.165, 1.54) is 0 Å². The number of benzene rings is 1. The number of hydrogen-bond donors (Lipinski definition) is 2. The number of amides is 1. The summed E-state index contributed by atoms with van der Waals surface area (Å²) in [5.41, 5.74) is 0.321. The van der Waals surface area contributed by atoms with Gasteiger partial charge < -0.3 is 20.3 Å². The van der Waals surface area contributed by atoms with Crippen LogP contribution in [0.15, 0.2) is 36.5 Å². The van der Waals surface area contributed by atoms with E-state index in [1.807, 2.05) is 45.0 Å². The Morgan fingerprint density at radius 1 is 1.36 bits per heavy atom. The van der Waals surface area contributed by atoms with Crippen molar-refractivity contribution in [1.29, 1.82) is 0 Å². The first-order valence-electron chi connectivity index (χ1n) is 9.39. The Balaban J connectivity index is 1.59. The number of halogens is 1. The van der Waals surface area contributed by atoms with Gasteiger partial charge in [0.15, 0.2) is 0 Å². The van der Waals surface area contributed by atoms with E-state index in [2.05, 4.69) is 20.6 Å². The Labute approximate surface area is 170 Å². The normalized spacial score (nSPS) is 16.7. The van der Waals surface area contributed by atoms with Gasteiger partial charge in [-0.1, -0.05) is 17.7 Å². The van der Waals surface area contributed by atoms with Crippen LogP contribution >= 0.6 is 11.6 Å². The molecule has 1 aliphatic rings. The van der Waals surface area contributed by atoms with E-state index in [0.717, 1.165) is 18.5 Å². The minimum atomic E-state index is -0.495. The van der Waals surface area contributed by atoms with Gasteiger partial charge in [-0.3, -0.25) is 0 Å². The first-order chi connectivity index (χ1) is 13.3. The molecule has 1 unspecified atom stereocenters. The van der Waals surface area contributed by atoms with Crippen molar-refractivity contribution in [2.75, 3.05) is 23.7 Å². The molecule has 1 aromatic carbocycles. The highest BCUT2D eigenvalue weighted by atomic mass is 35.5. The Kier molecular flexibility index (Phi) is 6.24. The van der Waals surface area contributed by atoms with Crippen molar-refractivity contribution in [3.8, 4) is 0 Å². The number of nitrogens with zero attached hydrogens (tertiary/aromatic N) is 3. The van der Waals surface area contributed by atoms with Gasteiger partial charge in [0, 0.05) is 30.0 Å². The molecule has 0 spiro atoms. The summed E-state index contributed by atoms with van der Waals surface area (Å²) in [6.45, 7) is 6.95. The zero-order valence-corrected chi connectivity index (χ0v) is 17.2. The third-order valence-corrected chi connectivity index (χ3v) is 4.50. The highest BCUT2D eigenvalue weighted by Gasteiger charge is 2.31. The van der Waals surface area contributed by atoms with Crippen LogP contribution in [0.3, 0.4) is 0 Å². The smallest absolute Gasteiger partial charge is 0.410 e. The third-order valence-electron chi connectivity index (χ3n) is 4.26. The third kappa shape index (κ3) is 5.73. The molecule has 8 heteroatoms. The van der Waals surface area contributed by atoms with Gasteiger partial charge in [-0.25, -0.2) is 9.78 Å². The fourth-order valence-corrected chi connectivity index (χ4v) is 3.23. The first kappa shape index (κ1) is 20.2. The molecule has 28 heavy (non-hydrogen) atoms. The molecular weight excluding hydrogens is 378 g/mol. The largest absolute Gasteiger partial charge is 0.444 e. The number of aromatic nitrogens is 2. The van der Waals surface area contributed by atoms with Crippen LogP contribution in [0.1, 0.15) is 33.6 Å². The predicted octanol–water partition coefficient (Wildman–Crippen LogP) is 4.69.